The van der Waals surface area contributed by atoms with Crippen molar-refractivity contribution < 1.29 is 71.8 Å². The summed E-state index contributed by atoms with van der Waals surface area (Å²) in [5.74, 6) is 3.72. The van der Waals surface area contributed by atoms with Crippen LogP contribution in [0, 0.1) is 0 Å². The Labute approximate surface area is 363 Å². The van der Waals surface area contributed by atoms with E-state index in [9.17, 15) is 0 Å². The lowest BCUT2D eigenvalue weighted by atomic mass is 9.86. The quantitative estimate of drug-likeness (QED) is 0.137. The number of fused-ring (bicyclic) bond motifs is 2. The Kier molecular flexibility index (Phi) is 16.2. The number of pyridine rings is 2. The van der Waals surface area contributed by atoms with Crippen LogP contribution in [0.1, 0.15) is 11.1 Å². The molecule has 0 aliphatic carbocycles. The number of hydrogen-bond acceptors (Lipinski definition) is 8. The molecule has 5 aromatic carbocycles. The van der Waals surface area contributed by atoms with Crippen LogP contribution in [-0.2, 0) is 22.6 Å². The van der Waals surface area contributed by atoms with E-state index < -0.39 is 0 Å². The van der Waals surface area contributed by atoms with Crippen LogP contribution in [0.4, 0.5) is 0 Å². The number of halogens is 2. The largest absolute Gasteiger partial charge is 1.00 e. The van der Waals surface area contributed by atoms with Gasteiger partial charge in [0.1, 0.15) is 0 Å². The van der Waals surface area contributed by atoms with Crippen LogP contribution in [0.15, 0.2) is 122 Å². The predicted molar refractivity (Wildman–Crippen MR) is 225 cm³/mol. The average molecular weight is 854 g/mol. The van der Waals surface area contributed by atoms with Crippen LogP contribution in [0.25, 0.3) is 43.8 Å². The Bertz CT molecular complexity index is 2210. The molecular formula is C48H50Cl2N2O8. The molecular weight excluding hydrogens is 803 g/mol. The van der Waals surface area contributed by atoms with E-state index in [1.165, 1.54) is 32.7 Å². The fourth-order valence-corrected chi connectivity index (χ4v) is 7.52. The summed E-state index contributed by atoms with van der Waals surface area (Å²) in [7, 11) is 9.77. The zero-order valence-electron chi connectivity index (χ0n) is 34.7. The zero-order valence-corrected chi connectivity index (χ0v) is 36.2. The molecule has 0 amide bonds. The van der Waals surface area contributed by atoms with Crippen LogP contribution in [-0.4, -0.2) is 69.1 Å². The zero-order chi connectivity index (χ0) is 40.4. The van der Waals surface area contributed by atoms with Gasteiger partial charge in [0.2, 0.25) is 11.5 Å². The van der Waals surface area contributed by atoms with Crippen molar-refractivity contribution in [2.75, 3.05) is 69.1 Å². The maximum absolute atomic E-state index is 5.58. The van der Waals surface area contributed by atoms with Crippen LogP contribution >= 0.6 is 0 Å². The van der Waals surface area contributed by atoms with Gasteiger partial charge in [0.15, 0.2) is 60.9 Å². The third kappa shape index (κ3) is 9.80. The van der Waals surface area contributed by atoms with Crippen molar-refractivity contribution in [1.82, 2.24) is 0 Å². The topological polar surface area (TPSA) is 81.6 Å². The van der Waals surface area contributed by atoms with Gasteiger partial charge in [0.05, 0.1) is 69.1 Å². The molecule has 0 bridgehead atoms. The second kappa shape index (κ2) is 21.5. The van der Waals surface area contributed by atoms with E-state index >= 15 is 0 Å². The normalized spacial score (nSPS) is 12.0. The summed E-state index contributed by atoms with van der Waals surface area (Å²) in [6, 6.07) is 34.1. The van der Waals surface area contributed by atoms with Crippen LogP contribution < -0.4 is 62.4 Å². The second-order valence-electron chi connectivity index (χ2n) is 13.7. The first kappa shape index (κ1) is 45.3. The van der Waals surface area contributed by atoms with Crippen molar-refractivity contribution >= 4 is 21.5 Å². The van der Waals surface area contributed by atoms with Crippen LogP contribution in [0.5, 0.6) is 34.5 Å². The molecule has 1 saturated heterocycles. The highest BCUT2D eigenvalue weighted by Gasteiger charge is 2.20. The monoisotopic (exact) mass is 852 g/mol. The first-order valence-corrected chi connectivity index (χ1v) is 19.2. The van der Waals surface area contributed by atoms with Gasteiger partial charge in [0.25, 0.3) is 0 Å². The number of rotatable bonds is 12. The SMILES string of the molecule is C1COCCO1.COc1cc(C[n+]2ccc(-c3c4ccccc4c(-c4cc[n+](Cc5cc(OC)c(OC)c(OC)c5)cc4)c4ccccc34)cc2)cc(OC)c1OC.[Cl-].[Cl-]. The standard InChI is InChI=1S/C44H42N2O6.C4H8O2.2ClH/c1-47-37-23-29(24-38(48-2)43(37)51-5)27-45-19-15-31(16-20-45)41-33-11-7-9-13-35(33)42(36-14-10-8-12-34(36)41)32-17-21-46(22-18-32)28-30-25-39(49-3)44(52-6)40(26-30)50-4;1-2-6-4-3-5-1;;/h7-26H,27-28H2,1-6H3;1-4H2;2*1H/q+2;;;/p-2. The number of ether oxygens (including phenoxy) is 8. The van der Waals surface area contributed by atoms with E-state index in [0.29, 0.717) is 47.6 Å². The third-order valence-corrected chi connectivity index (χ3v) is 10.2. The molecule has 314 valence electrons. The summed E-state index contributed by atoms with van der Waals surface area (Å²) < 4.78 is 47.6. The van der Waals surface area contributed by atoms with Crippen molar-refractivity contribution in [2.24, 2.45) is 0 Å². The van der Waals surface area contributed by atoms with Gasteiger partial charge in [0, 0.05) is 35.4 Å². The first-order valence-electron chi connectivity index (χ1n) is 19.2. The van der Waals surface area contributed by atoms with Crippen LogP contribution in [0.2, 0.25) is 0 Å². The highest BCUT2D eigenvalue weighted by molar-refractivity contribution is 6.21. The first-order chi connectivity index (χ1) is 28.5. The number of hydrogen-bond donors (Lipinski definition) is 0. The lowest BCUT2D eigenvalue weighted by molar-refractivity contribution is -0.688. The highest BCUT2D eigenvalue weighted by atomic mass is 35.5. The van der Waals surface area contributed by atoms with E-state index in [-0.39, 0.29) is 24.8 Å². The van der Waals surface area contributed by atoms with Gasteiger partial charge in [-0.25, -0.2) is 9.13 Å². The number of aromatic nitrogens is 2. The van der Waals surface area contributed by atoms with Crippen molar-refractivity contribution in [2.45, 2.75) is 13.1 Å². The minimum Gasteiger partial charge on any atom is -1.00 e. The van der Waals surface area contributed by atoms with Gasteiger partial charge >= 0.3 is 0 Å². The minimum atomic E-state index is 0. The van der Waals surface area contributed by atoms with Gasteiger partial charge in [-0.05, 0) is 68.1 Å². The molecule has 1 fully saturated rings. The van der Waals surface area contributed by atoms with E-state index in [4.69, 9.17) is 37.9 Å². The fourth-order valence-electron chi connectivity index (χ4n) is 7.52. The Morgan fingerprint density at radius 2 is 0.700 bits per heavy atom. The summed E-state index contributed by atoms with van der Waals surface area (Å²) in [5, 5.41) is 4.81. The lowest BCUT2D eigenvalue weighted by Gasteiger charge is -2.17. The third-order valence-electron chi connectivity index (χ3n) is 10.2. The number of methoxy groups -OCH3 is 6. The molecule has 60 heavy (non-hydrogen) atoms. The fraction of sp³-hybridized carbons (Fsp3) is 0.250. The lowest BCUT2D eigenvalue weighted by Crippen LogP contribution is -3.00. The smallest absolute Gasteiger partial charge is 0.203 e. The number of benzene rings is 5. The van der Waals surface area contributed by atoms with Crippen molar-refractivity contribution in [3.05, 3.63) is 133 Å². The van der Waals surface area contributed by atoms with Crippen molar-refractivity contribution in [3.8, 4) is 56.8 Å². The molecule has 0 atom stereocenters. The van der Waals surface area contributed by atoms with Gasteiger partial charge in [-0.3, -0.25) is 0 Å². The molecule has 10 nitrogen and oxygen atoms in total. The van der Waals surface area contributed by atoms with Crippen molar-refractivity contribution in [1.29, 1.82) is 0 Å². The Balaban J connectivity index is 0.000000785. The maximum atomic E-state index is 5.58. The van der Waals surface area contributed by atoms with Gasteiger partial charge in [-0.15, -0.1) is 0 Å². The second-order valence-corrected chi connectivity index (χ2v) is 13.7. The molecule has 0 unspecified atom stereocenters. The molecule has 1 aliphatic rings. The molecule has 3 heterocycles. The molecule has 0 saturated carbocycles. The Morgan fingerprint density at radius 1 is 0.417 bits per heavy atom. The molecule has 7 aromatic rings. The maximum Gasteiger partial charge on any atom is 0.203 e. The van der Waals surface area contributed by atoms with Crippen molar-refractivity contribution in [3.63, 3.8) is 0 Å². The Hall–Kier alpha value is -5.78. The van der Waals surface area contributed by atoms with Gasteiger partial charge in [-0.1, -0.05) is 48.5 Å². The van der Waals surface area contributed by atoms with E-state index in [1.54, 1.807) is 42.7 Å². The van der Waals surface area contributed by atoms with E-state index in [0.717, 1.165) is 48.7 Å². The van der Waals surface area contributed by atoms with E-state index in [2.05, 4.69) is 107 Å². The molecule has 2 aromatic heterocycles. The van der Waals surface area contributed by atoms with Gasteiger partial charge < -0.3 is 62.7 Å². The molecule has 0 spiro atoms. The highest BCUT2D eigenvalue weighted by Crippen LogP contribution is 2.44. The summed E-state index contributed by atoms with van der Waals surface area (Å²) in [5.41, 5.74) is 6.81. The minimum absolute atomic E-state index is 0. The summed E-state index contributed by atoms with van der Waals surface area (Å²) in [6.45, 7) is 4.40. The molecule has 1 aliphatic heterocycles. The summed E-state index contributed by atoms with van der Waals surface area (Å²) in [6.07, 6.45) is 8.50. The Morgan fingerprint density at radius 3 is 0.933 bits per heavy atom. The van der Waals surface area contributed by atoms with Gasteiger partial charge in [-0.2, -0.15) is 0 Å². The summed E-state index contributed by atoms with van der Waals surface area (Å²) in [4.78, 5) is 0. The molecule has 0 N–H and O–H groups in total. The molecule has 8 rings (SSSR count). The molecule has 12 heteroatoms. The van der Waals surface area contributed by atoms with Crippen LogP contribution in [0.3, 0.4) is 0 Å². The molecule has 0 radical (unpaired) electrons. The van der Waals surface area contributed by atoms with E-state index in [1.807, 2.05) is 24.3 Å². The predicted octanol–water partition coefficient (Wildman–Crippen LogP) is 2.09. The summed E-state index contributed by atoms with van der Waals surface area (Å²) >= 11 is 0. The average Bonchev–Trinajstić information content (AvgIpc) is 3.28. The number of nitrogens with zero attached hydrogens (tertiary/aromatic N) is 2.